The average molecular weight is 276 g/mol. The van der Waals surface area contributed by atoms with E-state index in [1.807, 2.05) is 19.1 Å². The molecule has 2 N–H and O–H groups in total. The Morgan fingerprint density at radius 1 is 1.40 bits per heavy atom. The molecule has 1 heterocycles. The van der Waals surface area contributed by atoms with Crippen LogP contribution in [0.2, 0.25) is 0 Å². The van der Waals surface area contributed by atoms with Gasteiger partial charge in [-0.25, -0.2) is 4.79 Å². The Kier molecular flexibility index (Phi) is 4.09. The highest BCUT2D eigenvalue weighted by molar-refractivity contribution is 5.89. The van der Waals surface area contributed by atoms with Gasteiger partial charge in [-0.1, -0.05) is 18.2 Å². The fraction of sp³-hybridized carbons (Fsp3) is 0.467. The maximum absolute atomic E-state index is 11.9. The molecule has 1 unspecified atom stereocenters. The predicted molar refractivity (Wildman–Crippen MR) is 75.5 cm³/mol. The topological polar surface area (TPSA) is 69.6 Å². The molecular formula is C15H20N2O3. The van der Waals surface area contributed by atoms with Crippen molar-refractivity contribution in [2.24, 2.45) is 5.41 Å². The van der Waals surface area contributed by atoms with Gasteiger partial charge in [0, 0.05) is 20.1 Å². The molecule has 1 fully saturated rings. The van der Waals surface area contributed by atoms with Crippen LogP contribution in [0, 0.1) is 5.41 Å². The van der Waals surface area contributed by atoms with Gasteiger partial charge in [0.1, 0.15) is 0 Å². The van der Waals surface area contributed by atoms with Crippen molar-refractivity contribution in [3.8, 4) is 0 Å². The Morgan fingerprint density at radius 2 is 2.10 bits per heavy atom. The first-order chi connectivity index (χ1) is 9.46. The van der Waals surface area contributed by atoms with E-state index in [4.69, 9.17) is 0 Å². The molecule has 1 atom stereocenters. The lowest BCUT2D eigenvalue weighted by molar-refractivity contribution is -0.129. The summed E-state index contributed by atoms with van der Waals surface area (Å²) >= 11 is 0. The Morgan fingerprint density at radius 3 is 2.75 bits per heavy atom. The van der Waals surface area contributed by atoms with Gasteiger partial charge in [0.15, 0.2) is 0 Å². The van der Waals surface area contributed by atoms with Gasteiger partial charge in [0.05, 0.1) is 11.0 Å². The zero-order valence-corrected chi connectivity index (χ0v) is 11.8. The highest BCUT2D eigenvalue weighted by Gasteiger charge is 2.39. The average Bonchev–Trinajstić information content (AvgIpc) is 2.81. The molecule has 1 aliphatic rings. The van der Waals surface area contributed by atoms with Crippen LogP contribution in [0.1, 0.15) is 29.3 Å². The van der Waals surface area contributed by atoms with Crippen LogP contribution in [-0.4, -0.2) is 42.0 Å². The quantitative estimate of drug-likeness (QED) is 0.870. The minimum Gasteiger partial charge on any atom is -0.478 e. The van der Waals surface area contributed by atoms with Crippen molar-refractivity contribution in [2.45, 2.75) is 19.9 Å². The highest BCUT2D eigenvalue weighted by Crippen LogP contribution is 2.31. The largest absolute Gasteiger partial charge is 0.478 e. The zero-order chi connectivity index (χ0) is 14.8. The van der Waals surface area contributed by atoms with Crippen LogP contribution >= 0.6 is 0 Å². The Bertz CT molecular complexity index is 530. The summed E-state index contributed by atoms with van der Waals surface area (Å²) < 4.78 is 0. The van der Waals surface area contributed by atoms with Crippen molar-refractivity contribution in [1.82, 2.24) is 10.2 Å². The molecule has 0 bridgehead atoms. The van der Waals surface area contributed by atoms with E-state index in [1.165, 1.54) is 0 Å². The first-order valence-electron chi connectivity index (χ1n) is 6.72. The number of nitrogens with zero attached hydrogens (tertiary/aromatic N) is 1. The number of benzene rings is 1. The molecule has 20 heavy (non-hydrogen) atoms. The fourth-order valence-corrected chi connectivity index (χ4v) is 2.79. The van der Waals surface area contributed by atoms with Crippen molar-refractivity contribution in [1.29, 1.82) is 0 Å². The lowest BCUT2D eigenvalue weighted by Crippen LogP contribution is -2.39. The van der Waals surface area contributed by atoms with Crippen molar-refractivity contribution >= 4 is 11.9 Å². The molecule has 1 aliphatic heterocycles. The van der Waals surface area contributed by atoms with Crippen molar-refractivity contribution in [3.05, 3.63) is 35.4 Å². The van der Waals surface area contributed by atoms with Crippen molar-refractivity contribution in [3.63, 3.8) is 0 Å². The molecule has 5 heteroatoms. The highest BCUT2D eigenvalue weighted by atomic mass is 16.4. The summed E-state index contributed by atoms with van der Waals surface area (Å²) in [6.45, 7) is 3.97. The number of carboxylic acid groups (broad SMARTS) is 1. The molecule has 0 aromatic heterocycles. The molecule has 1 amide bonds. The van der Waals surface area contributed by atoms with Gasteiger partial charge in [0.25, 0.3) is 0 Å². The fourth-order valence-electron chi connectivity index (χ4n) is 2.79. The second kappa shape index (κ2) is 5.63. The number of rotatable bonds is 4. The van der Waals surface area contributed by atoms with Crippen LogP contribution in [0.4, 0.5) is 0 Å². The summed E-state index contributed by atoms with van der Waals surface area (Å²) in [7, 11) is 1.65. The number of hydrogen-bond acceptors (Lipinski definition) is 3. The number of likely N-dealkylation sites (tertiary alicyclic amines) is 1. The maximum atomic E-state index is 11.9. The molecule has 0 saturated carbocycles. The van der Waals surface area contributed by atoms with Gasteiger partial charge in [-0.15, -0.1) is 0 Å². The number of carbonyl (C=O) groups is 2. The monoisotopic (exact) mass is 276 g/mol. The van der Waals surface area contributed by atoms with Crippen LogP contribution < -0.4 is 5.32 Å². The Labute approximate surface area is 118 Å². The van der Waals surface area contributed by atoms with E-state index in [1.54, 1.807) is 19.2 Å². The number of nitrogens with one attached hydrogen (secondary N) is 1. The zero-order valence-electron chi connectivity index (χ0n) is 11.8. The van der Waals surface area contributed by atoms with E-state index in [0.29, 0.717) is 18.7 Å². The van der Waals surface area contributed by atoms with Gasteiger partial charge >= 0.3 is 5.97 Å². The number of hydrogen-bond donors (Lipinski definition) is 2. The lowest BCUT2D eigenvalue weighted by Gasteiger charge is -2.23. The first kappa shape index (κ1) is 14.5. The number of carbonyl (C=O) groups excluding carboxylic acids is 1. The lowest BCUT2D eigenvalue weighted by atomic mass is 9.89. The van der Waals surface area contributed by atoms with Crippen molar-refractivity contribution in [2.75, 3.05) is 20.1 Å². The molecule has 0 spiro atoms. The van der Waals surface area contributed by atoms with Crippen LogP contribution in [-0.2, 0) is 11.3 Å². The maximum Gasteiger partial charge on any atom is 0.336 e. The third-order valence-corrected chi connectivity index (χ3v) is 3.97. The van der Waals surface area contributed by atoms with Crippen LogP contribution in [0.3, 0.4) is 0 Å². The standard InChI is InChI=1S/C15H20N2O3/c1-15(14(20)16-2)7-8-17(10-15)9-11-5-3-4-6-12(11)13(18)19/h3-6H,7-10H2,1-2H3,(H,16,20)(H,18,19). The summed E-state index contributed by atoms with van der Waals surface area (Å²) in [5.74, 6) is -0.861. The molecule has 0 aliphatic carbocycles. The van der Waals surface area contributed by atoms with Crippen molar-refractivity contribution < 1.29 is 14.7 Å². The van der Waals surface area contributed by atoms with Gasteiger partial charge in [-0.3, -0.25) is 9.69 Å². The SMILES string of the molecule is CNC(=O)C1(C)CCN(Cc2ccccc2C(=O)O)C1. The summed E-state index contributed by atoms with van der Waals surface area (Å²) in [6, 6.07) is 7.02. The molecule has 5 nitrogen and oxygen atoms in total. The van der Waals surface area contributed by atoms with E-state index in [0.717, 1.165) is 18.5 Å². The van der Waals surface area contributed by atoms with Gasteiger partial charge in [0.2, 0.25) is 5.91 Å². The smallest absolute Gasteiger partial charge is 0.336 e. The number of carboxylic acids is 1. The predicted octanol–water partition coefficient (Wildman–Crippen LogP) is 1.34. The van der Waals surface area contributed by atoms with E-state index in [-0.39, 0.29) is 11.3 Å². The second-order valence-corrected chi connectivity index (χ2v) is 5.56. The van der Waals surface area contributed by atoms with Gasteiger partial charge in [-0.2, -0.15) is 0 Å². The first-order valence-corrected chi connectivity index (χ1v) is 6.72. The summed E-state index contributed by atoms with van der Waals surface area (Å²) in [5, 5.41) is 11.9. The third-order valence-electron chi connectivity index (χ3n) is 3.97. The normalized spacial score (nSPS) is 22.7. The second-order valence-electron chi connectivity index (χ2n) is 5.56. The summed E-state index contributed by atoms with van der Waals surface area (Å²) in [6.07, 6.45) is 0.794. The van der Waals surface area contributed by atoms with Gasteiger partial charge in [-0.05, 0) is 31.5 Å². The molecule has 0 radical (unpaired) electrons. The molecule has 1 aromatic rings. The van der Waals surface area contributed by atoms with Crippen LogP contribution in [0.5, 0.6) is 0 Å². The molecular weight excluding hydrogens is 256 g/mol. The van der Waals surface area contributed by atoms with E-state index >= 15 is 0 Å². The minimum atomic E-state index is -0.908. The summed E-state index contributed by atoms with van der Waals surface area (Å²) in [4.78, 5) is 25.2. The molecule has 108 valence electrons. The minimum absolute atomic E-state index is 0.0477. The Hall–Kier alpha value is -1.88. The van der Waals surface area contributed by atoms with Crippen LogP contribution in [0.25, 0.3) is 0 Å². The van der Waals surface area contributed by atoms with E-state index < -0.39 is 5.97 Å². The third kappa shape index (κ3) is 2.82. The van der Waals surface area contributed by atoms with E-state index in [9.17, 15) is 14.7 Å². The van der Waals surface area contributed by atoms with Crippen LogP contribution in [0.15, 0.2) is 24.3 Å². The molecule has 1 saturated heterocycles. The van der Waals surface area contributed by atoms with Gasteiger partial charge < -0.3 is 10.4 Å². The molecule has 2 rings (SSSR count). The van der Waals surface area contributed by atoms with E-state index in [2.05, 4.69) is 10.2 Å². The summed E-state index contributed by atoms with van der Waals surface area (Å²) in [5.41, 5.74) is 0.745. The number of amides is 1. The Balaban J connectivity index is 2.10. The number of aromatic carboxylic acids is 1. The molecule has 1 aromatic carbocycles.